The molecular formula is C12H21N3. The van der Waals surface area contributed by atoms with Crippen molar-refractivity contribution in [3.05, 3.63) is 18.0 Å². The molecule has 15 heavy (non-hydrogen) atoms. The van der Waals surface area contributed by atoms with Gasteiger partial charge in [-0.1, -0.05) is 13.3 Å². The Bertz CT molecular complexity index is 318. The van der Waals surface area contributed by atoms with Crippen LogP contribution in [0.15, 0.2) is 12.4 Å². The zero-order valence-corrected chi connectivity index (χ0v) is 9.69. The maximum atomic E-state index is 6.06. The molecule has 0 bridgehead atoms. The first-order valence-corrected chi connectivity index (χ1v) is 5.94. The molecule has 0 aliphatic heterocycles. The molecule has 84 valence electrons. The lowest BCUT2D eigenvalue weighted by Crippen LogP contribution is -2.31. The van der Waals surface area contributed by atoms with E-state index in [1.54, 1.807) is 0 Å². The predicted molar refractivity (Wildman–Crippen MR) is 61.6 cm³/mol. The highest BCUT2D eigenvalue weighted by atomic mass is 15.2. The molecule has 1 heterocycles. The fraction of sp³-hybridized carbons (Fsp3) is 0.750. The molecule has 0 aromatic carbocycles. The Morgan fingerprint density at radius 1 is 1.53 bits per heavy atom. The quantitative estimate of drug-likeness (QED) is 0.806. The summed E-state index contributed by atoms with van der Waals surface area (Å²) in [5.41, 5.74) is 7.43. The third kappa shape index (κ3) is 2.23. The highest BCUT2D eigenvalue weighted by Crippen LogP contribution is 2.38. The van der Waals surface area contributed by atoms with Crippen LogP contribution in [0.3, 0.4) is 0 Å². The molecule has 0 saturated heterocycles. The molecular weight excluding hydrogens is 186 g/mol. The Labute approximate surface area is 91.7 Å². The van der Waals surface area contributed by atoms with Gasteiger partial charge in [-0.3, -0.25) is 4.68 Å². The van der Waals surface area contributed by atoms with Crippen LogP contribution < -0.4 is 5.73 Å². The minimum Gasteiger partial charge on any atom is -0.328 e. The Balaban J connectivity index is 2.16. The van der Waals surface area contributed by atoms with Crippen LogP contribution in [0.1, 0.15) is 44.1 Å². The van der Waals surface area contributed by atoms with Gasteiger partial charge in [0.15, 0.2) is 0 Å². The van der Waals surface area contributed by atoms with Gasteiger partial charge in [0.05, 0.1) is 6.20 Å². The minimum atomic E-state index is 0.387. The summed E-state index contributed by atoms with van der Waals surface area (Å²) in [6.45, 7) is 2.28. The molecule has 1 saturated carbocycles. The van der Waals surface area contributed by atoms with Gasteiger partial charge in [0.2, 0.25) is 0 Å². The van der Waals surface area contributed by atoms with E-state index >= 15 is 0 Å². The Morgan fingerprint density at radius 3 is 2.93 bits per heavy atom. The van der Waals surface area contributed by atoms with E-state index in [-0.39, 0.29) is 0 Å². The van der Waals surface area contributed by atoms with Crippen molar-refractivity contribution in [1.82, 2.24) is 9.78 Å². The summed E-state index contributed by atoms with van der Waals surface area (Å²) >= 11 is 0. The molecule has 3 unspecified atom stereocenters. The molecule has 1 aliphatic carbocycles. The zero-order chi connectivity index (χ0) is 10.8. The molecule has 2 rings (SSSR count). The fourth-order valence-corrected chi connectivity index (χ4v) is 2.79. The van der Waals surface area contributed by atoms with E-state index in [0.717, 1.165) is 12.3 Å². The first-order valence-electron chi connectivity index (χ1n) is 5.94. The van der Waals surface area contributed by atoms with E-state index in [1.165, 1.54) is 24.8 Å². The van der Waals surface area contributed by atoms with Crippen molar-refractivity contribution in [1.29, 1.82) is 0 Å². The highest BCUT2D eigenvalue weighted by Gasteiger charge is 2.29. The molecule has 2 N–H and O–H groups in total. The molecule has 1 fully saturated rings. The second-order valence-corrected chi connectivity index (χ2v) is 4.80. The molecule has 0 radical (unpaired) electrons. The second-order valence-electron chi connectivity index (χ2n) is 4.80. The summed E-state index contributed by atoms with van der Waals surface area (Å²) in [7, 11) is 1.98. The minimum absolute atomic E-state index is 0.387. The van der Waals surface area contributed by atoms with Crippen LogP contribution in [0.25, 0.3) is 0 Å². The van der Waals surface area contributed by atoms with Crippen LogP contribution in [0, 0.1) is 5.92 Å². The summed E-state index contributed by atoms with van der Waals surface area (Å²) in [6, 6.07) is 0.387. The van der Waals surface area contributed by atoms with Gasteiger partial charge >= 0.3 is 0 Å². The van der Waals surface area contributed by atoms with Crippen molar-refractivity contribution < 1.29 is 0 Å². The number of aromatic nitrogens is 2. The van der Waals surface area contributed by atoms with Crippen molar-refractivity contribution in [3.63, 3.8) is 0 Å². The zero-order valence-electron chi connectivity index (χ0n) is 9.69. The lowest BCUT2D eigenvalue weighted by atomic mass is 9.73. The second kappa shape index (κ2) is 4.35. The smallest absolute Gasteiger partial charge is 0.0524 e. The van der Waals surface area contributed by atoms with Crippen molar-refractivity contribution in [2.45, 2.75) is 44.6 Å². The predicted octanol–water partition coefficient (Wildman–Crippen LogP) is 2.04. The SMILES string of the molecule is CCC1CCC(N)CC1c1cnn(C)c1. The number of hydrogen-bond acceptors (Lipinski definition) is 2. The van der Waals surface area contributed by atoms with Gasteiger partial charge in [0.25, 0.3) is 0 Å². The fourth-order valence-electron chi connectivity index (χ4n) is 2.79. The van der Waals surface area contributed by atoms with Crippen LogP contribution in [0.5, 0.6) is 0 Å². The summed E-state index contributed by atoms with van der Waals surface area (Å²) < 4.78 is 1.89. The van der Waals surface area contributed by atoms with Gasteiger partial charge in [-0.2, -0.15) is 5.10 Å². The molecule has 0 amide bonds. The largest absolute Gasteiger partial charge is 0.328 e. The molecule has 3 nitrogen and oxygen atoms in total. The average molecular weight is 207 g/mol. The van der Waals surface area contributed by atoms with Gasteiger partial charge < -0.3 is 5.73 Å². The molecule has 3 heteroatoms. The third-order valence-corrected chi connectivity index (χ3v) is 3.71. The third-order valence-electron chi connectivity index (χ3n) is 3.71. The standard InChI is InChI=1S/C12H21N3/c1-3-9-4-5-11(13)6-12(9)10-7-14-15(2)8-10/h7-9,11-12H,3-6,13H2,1-2H3. The van der Waals surface area contributed by atoms with Crippen LogP contribution in [0.2, 0.25) is 0 Å². The number of nitrogens with zero attached hydrogens (tertiary/aromatic N) is 2. The van der Waals surface area contributed by atoms with Crippen LogP contribution in [0.4, 0.5) is 0 Å². The van der Waals surface area contributed by atoms with E-state index in [0.29, 0.717) is 12.0 Å². The van der Waals surface area contributed by atoms with Crippen molar-refractivity contribution in [2.75, 3.05) is 0 Å². The van der Waals surface area contributed by atoms with Gasteiger partial charge in [-0.05, 0) is 36.7 Å². The first kappa shape index (κ1) is 10.7. The van der Waals surface area contributed by atoms with Gasteiger partial charge in [-0.15, -0.1) is 0 Å². The summed E-state index contributed by atoms with van der Waals surface area (Å²) in [6.07, 6.45) is 9.00. The van der Waals surface area contributed by atoms with Crippen LogP contribution in [-0.4, -0.2) is 15.8 Å². The molecule has 3 atom stereocenters. The topological polar surface area (TPSA) is 43.8 Å². The summed E-state index contributed by atoms with van der Waals surface area (Å²) in [5.74, 6) is 1.43. The Hall–Kier alpha value is -0.830. The lowest BCUT2D eigenvalue weighted by molar-refractivity contribution is 0.273. The highest BCUT2D eigenvalue weighted by molar-refractivity contribution is 5.14. The van der Waals surface area contributed by atoms with Crippen molar-refractivity contribution in [3.8, 4) is 0 Å². The maximum absolute atomic E-state index is 6.06. The van der Waals surface area contributed by atoms with Gasteiger partial charge in [0, 0.05) is 19.3 Å². The van der Waals surface area contributed by atoms with E-state index in [1.807, 2.05) is 17.9 Å². The van der Waals surface area contributed by atoms with E-state index < -0.39 is 0 Å². The molecule has 0 spiro atoms. The van der Waals surface area contributed by atoms with Gasteiger partial charge in [0.1, 0.15) is 0 Å². The van der Waals surface area contributed by atoms with Crippen LogP contribution >= 0.6 is 0 Å². The van der Waals surface area contributed by atoms with E-state index in [2.05, 4.69) is 18.2 Å². The Morgan fingerprint density at radius 2 is 2.33 bits per heavy atom. The summed E-state index contributed by atoms with van der Waals surface area (Å²) in [4.78, 5) is 0. The van der Waals surface area contributed by atoms with E-state index in [9.17, 15) is 0 Å². The molecule has 1 aliphatic rings. The molecule has 1 aromatic heterocycles. The lowest BCUT2D eigenvalue weighted by Gasteiger charge is -2.33. The Kier molecular flexibility index (Phi) is 3.10. The molecule has 1 aromatic rings. The first-order chi connectivity index (χ1) is 7.20. The van der Waals surface area contributed by atoms with Gasteiger partial charge in [-0.25, -0.2) is 0 Å². The maximum Gasteiger partial charge on any atom is 0.0524 e. The van der Waals surface area contributed by atoms with Crippen molar-refractivity contribution >= 4 is 0 Å². The monoisotopic (exact) mass is 207 g/mol. The normalized spacial score (nSPS) is 31.8. The number of hydrogen-bond donors (Lipinski definition) is 1. The van der Waals surface area contributed by atoms with Crippen LogP contribution in [-0.2, 0) is 7.05 Å². The summed E-state index contributed by atoms with van der Waals surface area (Å²) in [5, 5.41) is 4.26. The van der Waals surface area contributed by atoms with Crippen molar-refractivity contribution in [2.24, 2.45) is 18.7 Å². The van der Waals surface area contributed by atoms with E-state index in [4.69, 9.17) is 5.73 Å². The number of rotatable bonds is 2. The average Bonchev–Trinajstić information content (AvgIpc) is 2.65. The number of nitrogens with two attached hydrogens (primary N) is 1. The number of aryl methyl sites for hydroxylation is 1.